The molecule has 0 aliphatic heterocycles. The van der Waals surface area contributed by atoms with E-state index in [0.29, 0.717) is 5.56 Å². The fourth-order valence-corrected chi connectivity index (χ4v) is 3.01. The van der Waals surface area contributed by atoms with Crippen LogP contribution in [0, 0.1) is 6.92 Å². The van der Waals surface area contributed by atoms with Gasteiger partial charge in [0, 0.05) is 22.3 Å². The number of amides is 1. The van der Waals surface area contributed by atoms with Crippen LogP contribution in [0.1, 0.15) is 22.8 Å². The second kappa shape index (κ2) is 5.84. The zero-order chi connectivity index (χ0) is 13.9. The monoisotopic (exact) mass is 333 g/mol. The summed E-state index contributed by atoms with van der Waals surface area (Å²) in [4.78, 5) is 12.0. The molecule has 1 amide bonds. The van der Waals surface area contributed by atoms with E-state index in [9.17, 15) is 13.2 Å². The van der Waals surface area contributed by atoms with Crippen LogP contribution in [-0.2, 0) is 9.84 Å². The van der Waals surface area contributed by atoms with Crippen LogP contribution in [0.2, 0.25) is 0 Å². The predicted molar refractivity (Wildman–Crippen MR) is 75.5 cm³/mol. The van der Waals surface area contributed by atoms with Gasteiger partial charge in [0.15, 0.2) is 0 Å². The number of hydrogen-bond acceptors (Lipinski definition) is 3. The van der Waals surface area contributed by atoms with Gasteiger partial charge in [-0.1, -0.05) is 22.0 Å². The van der Waals surface area contributed by atoms with Gasteiger partial charge in [0.05, 0.1) is 5.75 Å². The summed E-state index contributed by atoms with van der Waals surface area (Å²) in [6.07, 6.45) is 1.15. The van der Waals surface area contributed by atoms with Crippen LogP contribution in [0.25, 0.3) is 0 Å². The molecule has 0 heterocycles. The van der Waals surface area contributed by atoms with Gasteiger partial charge in [0.2, 0.25) is 0 Å². The van der Waals surface area contributed by atoms with Crippen molar-refractivity contribution < 1.29 is 13.2 Å². The highest BCUT2D eigenvalue weighted by Crippen LogP contribution is 2.19. The molecular weight excluding hydrogens is 318 g/mol. The van der Waals surface area contributed by atoms with Crippen molar-refractivity contribution in [3.05, 3.63) is 33.8 Å². The Kier molecular flexibility index (Phi) is 4.92. The second-order valence-electron chi connectivity index (χ2n) is 4.38. The van der Waals surface area contributed by atoms with Gasteiger partial charge < -0.3 is 5.32 Å². The second-order valence-corrected chi connectivity index (χ2v) is 7.42. The fourth-order valence-electron chi connectivity index (χ4n) is 1.65. The number of benzene rings is 1. The minimum atomic E-state index is -3.09. The first-order valence-corrected chi connectivity index (χ1v) is 8.30. The fraction of sp³-hybridized carbons (Fsp3) is 0.417. The van der Waals surface area contributed by atoms with Crippen LogP contribution in [0.15, 0.2) is 22.7 Å². The average molecular weight is 334 g/mol. The molecule has 0 spiro atoms. The third kappa shape index (κ3) is 4.42. The Hall–Kier alpha value is -0.880. The van der Waals surface area contributed by atoms with E-state index >= 15 is 0 Å². The summed E-state index contributed by atoms with van der Waals surface area (Å²) in [5.41, 5.74) is 1.38. The van der Waals surface area contributed by atoms with Gasteiger partial charge in [-0.25, -0.2) is 8.42 Å². The number of hydrogen-bond donors (Lipinski definition) is 1. The molecule has 18 heavy (non-hydrogen) atoms. The Morgan fingerprint density at radius 3 is 2.61 bits per heavy atom. The smallest absolute Gasteiger partial charge is 0.251 e. The van der Waals surface area contributed by atoms with E-state index in [4.69, 9.17) is 0 Å². The van der Waals surface area contributed by atoms with Crippen LogP contribution < -0.4 is 5.32 Å². The van der Waals surface area contributed by atoms with Crippen molar-refractivity contribution in [2.45, 2.75) is 19.9 Å². The van der Waals surface area contributed by atoms with Gasteiger partial charge >= 0.3 is 0 Å². The van der Waals surface area contributed by atoms with Gasteiger partial charge in [-0.2, -0.15) is 0 Å². The number of sulfone groups is 1. The number of halogens is 1. The summed E-state index contributed by atoms with van der Waals surface area (Å²) in [5, 5.41) is 2.68. The molecule has 0 aromatic heterocycles. The molecule has 0 aliphatic rings. The van der Waals surface area contributed by atoms with Gasteiger partial charge in [-0.15, -0.1) is 0 Å². The summed E-state index contributed by atoms with van der Waals surface area (Å²) in [6, 6.07) is 4.92. The zero-order valence-corrected chi connectivity index (χ0v) is 12.9. The highest BCUT2D eigenvalue weighted by Gasteiger charge is 2.16. The van der Waals surface area contributed by atoms with Crippen LogP contribution in [0.5, 0.6) is 0 Å². The van der Waals surface area contributed by atoms with E-state index in [1.807, 2.05) is 13.0 Å². The minimum Gasteiger partial charge on any atom is -0.349 e. The summed E-state index contributed by atoms with van der Waals surface area (Å²) in [5.74, 6) is -0.323. The maximum absolute atomic E-state index is 12.0. The Morgan fingerprint density at radius 1 is 1.44 bits per heavy atom. The summed E-state index contributed by atoms with van der Waals surface area (Å²) in [6.45, 7) is 3.51. The number of carbonyl (C=O) groups excluding carboxylic acids is 1. The standard InChI is InChI=1S/C12H16BrNO3S/c1-8(7-18(3,16)17)14-12(15)10-5-4-6-11(13)9(10)2/h4-6,8H,7H2,1-3H3,(H,14,15). The van der Waals surface area contributed by atoms with E-state index in [1.165, 1.54) is 0 Å². The van der Waals surface area contributed by atoms with Gasteiger partial charge in [0.1, 0.15) is 9.84 Å². The lowest BCUT2D eigenvalue weighted by Crippen LogP contribution is -2.37. The van der Waals surface area contributed by atoms with Gasteiger partial charge in [-0.05, 0) is 31.5 Å². The Balaban J connectivity index is 2.80. The maximum atomic E-state index is 12.0. The predicted octanol–water partition coefficient (Wildman–Crippen LogP) is 1.92. The molecule has 6 heteroatoms. The van der Waals surface area contributed by atoms with E-state index in [-0.39, 0.29) is 11.7 Å². The SMILES string of the molecule is Cc1c(Br)cccc1C(=O)NC(C)CS(C)(=O)=O. The van der Waals surface area contributed by atoms with Gasteiger partial charge in [0.25, 0.3) is 5.91 Å². The maximum Gasteiger partial charge on any atom is 0.251 e. The van der Waals surface area contributed by atoms with Crippen molar-refractivity contribution in [1.82, 2.24) is 5.32 Å². The topological polar surface area (TPSA) is 63.2 Å². The Morgan fingerprint density at radius 2 is 2.06 bits per heavy atom. The molecule has 1 rings (SSSR count). The quantitative estimate of drug-likeness (QED) is 0.915. The van der Waals surface area contributed by atoms with Crippen molar-refractivity contribution in [2.24, 2.45) is 0 Å². The molecule has 1 N–H and O–H groups in total. The first-order chi connectivity index (χ1) is 8.20. The third-order valence-electron chi connectivity index (χ3n) is 2.44. The Bertz CT molecular complexity index is 554. The molecule has 0 saturated heterocycles. The minimum absolute atomic E-state index is 0.0637. The van der Waals surface area contributed by atoms with Crippen LogP contribution in [0.3, 0.4) is 0 Å². The lowest BCUT2D eigenvalue weighted by atomic mass is 10.1. The molecule has 4 nitrogen and oxygen atoms in total. The van der Waals surface area contributed by atoms with Crippen LogP contribution >= 0.6 is 15.9 Å². The highest BCUT2D eigenvalue weighted by atomic mass is 79.9. The van der Waals surface area contributed by atoms with E-state index in [2.05, 4.69) is 21.2 Å². The first kappa shape index (κ1) is 15.2. The first-order valence-electron chi connectivity index (χ1n) is 5.44. The van der Waals surface area contributed by atoms with Crippen molar-refractivity contribution in [1.29, 1.82) is 0 Å². The number of nitrogens with one attached hydrogen (secondary N) is 1. The molecule has 1 unspecified atom stereocenters. The molecule has 1 aromatic carbocycles. The van der Waals surface area contributed by atoms with Crippen LogP contribution in [-0.4, -0.2) is 32.4 Å². The molecule has 1 aromatic rings. The summed E-state index contributed by atoms with van der Waals surface area (Å²) >= 11 is 3.35. The molecular formula is C12H16BrNO3S. The largest absolute Gasteiger partial charge is 0.349 e. The van der Waals surface area contributed by atoms with Crippen molar-refractivity contribution in [2.75, 3.05) is 12.0 Å². The zero-order valence-electron chi connectivity index (χ0n) is 10.5. The Labute approximate surface area is 116 Å². The van der Waals surface area contributed by atoms with Gasteiger partial charge in [-0.3, -0.25) is 4.79 Å². The van der Waals surface area contributed by atoms with Crippen molar-refractivity contribution >= 4 is 31.7 Å². The molecule has 0 bridgehead atoms. The van der Waals surface area contributed by atoms with Crippen molar-refractivity contribution in [3.63, 3.8) is 0 Å². The van der Waals surface area contributed by atoms with E-state index < -0.39 is 15.9 Å². The molecule has 0 aliphatic carbocycles. The molecule has 100 valence electrons. The van der Waals surface area contributed by atoms with Crippen LogP contribution in [0.4, 0.5) is 0 Å². The third-order valence-corrected chi connectivity index (χ3v) is 4.41. The number of rotatable bonds is 4. The molecule has 0 radical (unpaired) electrons. The highest BCUT2D eigenvalue weighted by molar-refractivity contribution is 9.10. The molecule has 0 saturated carbocycles. The summed E-state index contributed by atoms with van der Waals surface area (Å²) < 4.78 is 23.1. The summed E-state index contributed by atoms with van der Waals surface area (Å²) in [7, 11) is -3.09. The number of carbonyl (C=O) groups is 1. The normalized spacial score (nSPS) is 13.1. The van der Waals surface area contributed by atoms with E-state index in [1.54, 1.807) is 19.1 Å². The van der Waals surface area contributed by atoms with E-state index in [0.717, 1.165) is 16.3 Å². The lowest BCUT2D eigenvalue weighted by Gasteiger charge is -2.14. The van der Waals surface area contributed by atoms with Crippen molar-refractivity contribution in [3.8, 4) is 0 Å². The average Bonchev–Trinajstić information content (AvgIpc) is 2.18. The molecule has 0 fully saturated rings. The lowest BCUT2D eigenvalue weighted by molar-refractivity contribution is 0.0943. The molecule has 1 atom stereocenters.